The number of imidazole rings is 1. The zero-order valence-corrected chi connectivity index (χ0v) is 17.9. The fraction of sp³-hybridized carbons (Fsp3) is 0.240. The fourth-order valence-corrected chi connectivity index (χ4v) is 3.91. The number of ether oxygens (including phenoxy) is 2. The number of aromatic nitrogens is 2. The lowest BCUT2D eigenvalue weighted by atomic mass is 10.0. The van der Waals surface area contributed by atoms with E-state index >= 15 is 0 Å². The van der Waals surface area contributed by atoms with E-state index in [1.807, 2.05) is 50.2 Å². The second kappa shape index (κ2) is 8.68. The first-order chi connectivity index (χ1) is 15.1. The SMILES string of the molecule is CCOc1cc(Cn2c(=O)n(CC)c3cc(-c4ccccc4F)ccc32)ccc1OC. The van der Waals surface area contributed by atoms with Crippen molar-refractivity contribution in [2.45, 2.75) is 26.9 Å². The Morgan fingerprint density at radius 1 is 0.903 bits per heavy atom. The maximum atomic E-state index is 14.3. The second-order valence-corrected chi connectivity index (χ2v) is 7.21. The molecule has 31 heavy (non-hydrogen) atoms. The summed E-state index contributed by atoms with van der Waals surface area (Å²) < 4.78 is 28.8. The molecule has 0 aliphatic heterocycles. The third-order valence-corrected chi connectivity index (χ3v) is 5.39. The average molecular weight is 420 g/mol. The van der Waals surface area contributed by atoms with E-state index < -0.39 is 0 Å². The zero-order valence-electron chi connectivity index (χ0n) is 17.9. The van der Waals surface area contributed by atoms with Crippen molar-refractivity contribution in [2.24, 2.45) is 0 Å². The Balaban J connectivity index is 1.81. The molecule has 1 heterocycles. The fourth-order valence-electron chi connectivity index (χ4n) is 3.91. The number of hydrogen-bond acceptors (Lipinski definition) is 3. The van der Waals surface area contributed by atoms with Crippen molar-refractivity contribution < 1.29 is 13.9 Å². The number of halogens is 1. The van der Waals surface area contributed by atoms with Gasteiger partial charge in [0, 0.05) is 12.1 Å². The van der Waals surface area contributed by atoms with Crippen LogP contribution in [-0.2, 0) is 13.1 Å². The van der Waals surface area contributed by atoms with E-state index in [0.29, 0.717) is 36.8 Å². The molecule has 4 aromatic rings. The van der Waals surface area contributed by atoms with Gasteiger partial charge in [-0.05, 0) is 55.3 Å². The largest absolute Gasteiger partial charge is 0.493 e. The van der Waals surface area contributed by atoms with E-state index in [9.17, 15) is 9.18 Å². The summed E-state index contributed by atoms with van der Waals surface area (Å²) in [5, 5.41) is 0. The highest BCUT2D eigenvalue weighted by atomic mass is 19.1. The standard InChI is InChI=1S/C25H25FN2O3/c1-4-27-22-15-18(19-8-6-7-9-20(19)26)11-12-21(22)28(25(27)29)16-17-10-13-23(30-3)24(14-17)31-5-2/h6-15H,4-5,16H2,1-3H3. The van der Waals surface area contributed by atoms with Crippen molar-refractivity contribution in [1.29, 1.82) is 0 Å². The van der Waals surface area contributed by atoms with Crippen molar-refractivity contribution in [2.75, 3.05) is 13.7 Å². The molecule has 0 spiro atoms. The van der Waals surface area contributed by atoms with E-state index in [1.165, 1.54) is 6.07 Å². The Hall–Kier alpha value is -3.54. The summed E-state index contributed by atoms with van der Waals surface area (Å²) in [5.41, 5.74) is 3.68. The van der Waals surface area contributed by atoms with Crippen molar-refractivity contribution in [3.05, 3.63) is 82.5 Å². The van der Waals surface area contributed by atoms with Gasteiger partial charge in [0.15, 0.2) is 11.5 Å². The molecule has 1 aromatic heterocycles. The summed E-state index contributed by atoms with van der Waals surface area (Å²) in [7, 11) is 1.60. The quantitative estimate of drug-likeness (QED) is 0.419. The van der Waals surface area contributed by atoms with Crippen LogP contribution in [0.5, 0.6) is 11.5 Å². The van der Waals surface area contributed by atoms with E-state index in [2.05, 4.69) is 0 Å². The molecule has 0 amide bonds. The number of rotatable bonds is 7. The molecular weight excluding hydrogens is 395 g/mol. The molecule has 0 unspecified atom stereocenters. The van der Waals surface area contributed by atoms with Crippen LogP contribution in [0.4, 0.5) is 4.39 Å². The van der Waals surface area contributed by atoms with Crippen LogP contribution in [0, 0.1) is 5.82 Å². The Labute approximate surface area is 180 Å². The lowest BCUT2D eigenvalue weighted by Gasteiger charge is -2.11. The molecule has 0 radical (unpaired) electrons. The molecule has 160 valence electrons. The molecule has 0 aliphatic rings. The first kappa shape index (κ1) is 20.7. The van der Waals surface area contributed by atoms with Crippen molar-refractivity contribution in [1.82, 2.24) is 9.13 Å². The first-order valence-electron chi connectivity index (χ1n) is 10.3. The summed E-state index contributed by atoms with van der Waals surface area (Å²) >= 11 is 0. The van der Waals surface area contributed by atoms with Crippen LogP contribution in [0.2, 0.25) is 0 Å². The lowest BCUT2D eigenvalue weighted by molar-refractivity contribution is 0.310. The molecule has 6 heteroatoms. The summed E-state index contributed by atoms with van der Waals surface area (Å²) in [6.45, 7) is 5.29. The van der Waals surface area contributed by atoms with Crippen LogP contribution in [0.15, 0.2) is 65.5 Å². The lowest BCUT2D eigenvalue weighted by Crippen LogP contribution is -2.24. The highest BCUT2D eigenvalue weighted by molar-refractivity contribution is 5.83. The molecule has 3 aromatic carbocycles. The van der Waals surface area contributed by atoms with Crippen LogP contribution in [0.1, 0.15) is 19.4 Å². The monoisotopic (exact) mass is 420 g/mol. The van der Waals surface area contributed by atoms with Crippen LogP contribution >= 0.6 is 0 Å². The number of hydrogen-bond donors (Lipinski definition) is 0. The number of methoxy groups -OCH3 is 1. The van der Waals surface area contributed by atoms with E-state index in [-0.39, 0.29) is 11.5 Å². The summed E-state index contributed by atoms with van der Waals surface area (Å²) in [4.78, 5) is 13.2. The predicted octanol–water partition coefficient (Wildman–Crippen LogP) is 5.08. The van der Waals surface area contributed by atoms with E-state index in [1.54, 1.807) is 34.4 Å². The highest BCUT2D eigenvalue weighted by Gasteiger charge is 2.15. The first-order valence-corrected chi connectivity index (χ1v) is 10.3. The second-order valence-electron chi connectivity index (χ2n) is 7.21. The molecule has 0 fully saturated rings. The maximum absolute atomic E-state index is 14.3. The van der Waals surface area contributed by atoms with Gasteiger partial charge in [0.2, 0.25) is 0 Å². The number of nitrogens with zero attached hydrogens (tertiary/aromatic N) is 2. The third kappa shape index (κ3) is 3.81. The number of aryl methyl sites for hydroxylation is 1. The van der Waals surface area contributed by atoms with Crippen LogP contribution < -0.4 is 15.2 Å². The normalized spacial score (nSPS) is 11.1. The topological polar surface area (TPSA) is 45.4 Å². The van der Waals surface area contributed by atoms with Gasteiger partial charge in [0.05, 0.1) is 31.3 Å². The molecule has 0 N–H and O–H groups in total. The van der Waals surface area contributed by atoms with Gasteiger partial charge >= 0.3 is 5.69 Å². The minimum atomic E-state index is -0.284. The Morgan fingerprint density at radius 3 is 2.42 bits per heavy atom. The van der Waals surface area contributed by atoms with Gasteiger partial charge in [-0.25, -0.2) is 9.18 Å². The van der Waals surface area contributed by atoms with E-state index in [0.717, 1.165) is 22.2 Å². The third-order valence-electron chi connectivity index (χ3n) is 5.39. The predicted molar refractivity (Wildman–Crippen MR) is 121 cm³/mol. The van der Waals surface area contributed by atoms with Gasteiger partial charge in [-0.2, -0.15) is 0 Å². The van der Waals surface area contributed by atoms with Crippen LogP contribution in [0.25, 0.3) is 22.2 Å². The molecular formula is C25H25FN2O3. The Kier molecular flexibility index (Phi) is 5.80. The van der Waals surface area contributed by atoms with Crippen molar-refractivity contribution in [3.8, 4) is 22.6 Å². The molecule has 0 saturated heterocycles. The molecule has 5 nitrogen and oxygen atoms in total. The zero-order chi connectivity index (χ0) is 22.0. The van der Waals surface area contributed by atoms with Gasteiger partial charge < -0.3 is 9.47 Å². The minimum Gasteiger partial charge on any atom is -0.493 e. The molecule has 4 rings (SSSR count). The average Bonchev–Trinajstić information content (AvgIpc) is 3.04. The molecule has 0 bridgehead atoms. The van der Waals surface area contributed by atoms with Gasteiger partial charge in [-0.15, -0.1) is 0 Å². The smallest absolute Gasteiger partial charge is 0.329 e. The summed E-state index contributed by atoms with van der Waals surface area (Å²) in [6.07, 6.45) is 0. The number of fused-ring (bicyclic) bond motifs is 1. The molecule has 0 atom stereocenters. The molecule has 0 saturated carbocycles. The highest BCUT2D eigenvalue weighted by Crippen LogP contribution is 2.30. The Bertz CT molecular complexity index is 1290. The van der Waals surface area contributed by atoms with Crippen molar-refractivity contribution in [3.63, 3.8) is 0 Å². The van der Waals surface area contributed by atoms with Crippen LogP contribution in [0.3, 0.4) is 0 Å². The maximum Gasteiger partial charge on any atom is 0.329 e. The van der Waals surface area contributed by atoms with E-state index in [4.69, 9.17) is 9.47 Å². The van der Waals surface area contributed by atoms with Crippen molar-refractivity contribution >= 4 is 11.0 Å². The summed E-state index contributed by atoms with van der Waals surface area (Å²) in [6, 6.07) is 18.0. The minimum absolute atomic E-state index is 0.100. The van der Waals surface area contributed by atoms with Gasteiger partial charge in [0.25, 0.3) is 0 Å². The van der Waals surface area contributed by atoms with Gasteiger partial charge in [-0.3, -0.25) is 9.13 Å². The Morgan fingerprint density at radius 2 is 1.71 bits per heavy atom. The molecule has 0 aliphatic carbocycles. The van der Waals surface area contributed by atoms with Gasteiger partial charge in [-0.1, -0.05) is 30.3 Å². The summed E-state index contributed by atoms with van der Waals surface area (Å²) in [5.74, 6) is 1.02. The van der Waals surface area contributed by atoms with Crippen LogP contribution in [-0.4, -0.2) is 22.9 Å². The van der Waals surface area contributed by atoms with Gasteiger partial charge in [0.1, 0.15) is 5.82 Å². The number of benzene rings is 3.